The number of hydrogen-bond acceptors (Lipinski definition) is 5. The number of sulfone groups is 1. The Morgan fingerprint density at radius 3 is 2.59 bits per heavy atom. The summed E-state index contributed by atoms with van der Waals surface area (Å²) < 4.78 is 37.8. The number of aromatic hydroxyl groups is 1. The fraction of sp³-hybridized carbons (Fsp3) is 0.0476. The van der Waals surface area contributed by atoms with E-state index >= 15 is 0 Å². The van der Waals surface area contributed by atoms with Gasteiger partial charge in [0.1, 0.15) is 5.65 Å². The van der Waals surface area contributed by atoms with Gasteiger partial charge in [-0.1, -0.05) is 18.2 Å². The van der Waals surface area contributed by atoms with Crippen molar-refractivity contribution in [2.45, 2.75) is 4.90 Å². The van der Waals surface area contributed by atoms with Crippen molar-refractivity contribution in [3.05, 3.63) is 77.9 Å². The second-order valence-electron chi connectivity index (χ2n) is 6.59. The molecule has 29 heavy (non-hydrogen) atoms. The molecule has 0 radical (unpaired) electrons. The lowest BCUT2D eigenvalue weighted by Gasteiger charge is -2.06. The van der Waals surface area contributed by atoms with Crippen LogP contribution in [-0.4, -0.2) is 35.5 Å². The van der Waals surface area contributed by atoms with Crippen molar-refractivity contribution in [3.8, 4) is 16.9 Å². The third-order valence-electron chi connectivity index (χ3n) is 4.59. The molecule has 146 valence electrons. The van der Waals surface area contributed by atoms with Crippen LogP contribution in [0.2, 0.25) is 0 Å². The van der Waals surface area contributed by atoms with Gasteiger partial charge in [0.05, 0.1) is 10.5 Å². The number of nitrogens with one attached hydrogen (secondary N) is 1. The number of phenols is 1. The first-order chi connectivity index (χ1) is 13.8. The van der Waals surface area contributed by atoms with Gasteiger partial charge in [-0.25, -0.2) is 17.8 Å². The highest BCUT2D eigenvalue weighted by atomic mass is 32.2. The van der Waals surface area contributed by atoms with Crippen LogP contribution in [0, 0.1) is 5.82 Å². The van der Waals surface area contributed by atoms with Crippen molar-refractivity contribution in [1.82, 2.24) is 9.97 Å². The minimum Gasteiger partial charge on any atom is -0.505 e. The number of aromatic nitrogens is 2. The molecule has 0 amide bonds. The smallest absolute Gasteiger partial charge is 0.198 e. The highest BCUT2D eigenvalue weighted by Gasteiger charge is 2.20. The quantitative estimate of drug-likeness (QED) is 0.500. The van der Waals surface area contributed by atoms with Gasteiger partial charge in [-0.05, 0) is 35.9 Å². The number of carbonyl (C=O) groups excluding carboxylic acids is 1. The zero-order valence-corrected chi connectivity index (χ0v) is 16.0. The Kier molecular flexibility index (Phi) is 4.43. The summed E-state index contributed by atoms with van der Waals surface area (Å²) in [5, 5.41) is 10.0. The molecule has 2 aromatic heterocycles. The summed E-state index contributed by atoms with van der Waals surface area (Å²) in [7, 11) is -3.38. The van der Waals surface area contributed by atoms with Crippen molar-refractivity contribution in [3.63, 3.8) is 0 Å². The average Bonchev–Trinajstić information content (AvgIpc) is 3.12. The van der Waals surface area contributed by atoms with Crippen LogP contribution in [0.25, 0.3) is 22.2 Å². The Morgan fingerprint density at radius 2 is 1.83 bits per heavy atom. The second kappa shape index (κ2) is 6.82. The number of aromatic amines is 1. The van der Waals surface area contributed by atoms with E-state index in [2.05, 4.69) is 9.97 Å². The lowest BCUT2D eigenvalue weighted by atomic mass is 10.0. The van der Waals surface area contributed by atoms with Gasteiger partial charge in [0.2, 0.25) is 0 Å². The number of hydrogen-bond donors (Lipinski definition) is 2. The van der Waals surface area contributed by atoms with Crippen molar-refractivity contribution in [1.29, 1.82) is 0 Å². The SMILES string of the molecule is CS(=O)(=O)c1cccc(-c2cnc3[nH]cc(C(=O)c4cccc(O)c4F)c3c2)c1. The summed E-state index contributed by atoms with van der Waals surface area (Å²) in [5.41, 5.74) is 1.59. The van der Waals surface area contributed by atoms with Crippen LogP contribution in [0.5, 0.6) is 5.75 Å². The maximum absolute atomic E-state index is 14.2. The lowest BCUT2D eigenvalue weighted by molar-refractivity contribution is 0.103. The zero-order valence-electron chi connectivity index (χ0n) is 15.2. The zero-order chi connectivity index (χ0) is 20.8. The predicted octanol–water partition coefficient (Wildman–Crippen LogP) is 3.71. The third-order valence-corrected chi connectivity index (χ3v) is 5.70. The number of carbonyl (C=O) groups is 1. The molecule has 2 N–H and O–H groups in total. The van der Waals surface area contributed by atoms with E-state index in [0.717, 1.165) is 12.3 Å². The van der Waals surface area contributed by atoms with Gasteiger partial charge in [-0.15, -0.1) is 0 Å². The fourth-order valence-corrected chi connectivity index (χ4v) is 3.76. The van der Waals surface area contributed by atoms with Crippen LogP contribution in [0.3, 0.4) is 0 Å². The molecule has 0 aliphatic carbocycles. The Balaban J connectivity index is 1.84. The predicted molar refractivity (Wildman–Crippen MR) is 106 cm³/mol. The number of pyridine rings is 1. The minimum absolute atomic E-state index is 0.169. The molecule has 0 atom stereocenters. The molecular weight excluding hydrogens is 395 g/mol. The Morgan fingerprint density at radius 1 is 1.07 bits per heavy atom. The van der Waals surface area contributed by atoms with E-state index in [1.807, 2.05) is 0 Å². The Bertz CT molecular complexity index is 1380. The van der Waals surface area contributed by atoms with E-state index in [1.165, 1.54) is 30.5 Å². The average molecular weight is 410 g/mol. The summed E-state index contributed by atoms with van der Waals surface area (Å²) >= 11 is 0. The monoisotopic (exact) mass is 410 g/mol. The topological polar surface area (TPSA) is 100 Å². The summed E-state index contributed by atoms with van der Waals surface area (Å²) in [6, 6.07) is 11.9. The second-order valence-corrected chi connectivity index (χ2v) is 8.61. The third kappa shape index (κ3) is 3.38. The summed E-state index contributed by atoms with van der Waals surface area (Å²) in [6.45, 7) is 0. The molecule has 8 heteroatoms. The van der Waals surface area contributed by atoms with Crippen molar-refractivity contribution < 1.29 is 22.7 Å². The molecule has 0 fully saturated rings. The molecule has 0 bridgehead atoms. The van der Waals surface area contributed by atoms with Crippen molar-refractivity contribution in [2.75, 3.05) is 6.26 Å². The van der Waals surface area contributed by atoms with Gasteiger partial charge in [-0.2, -0.15) is 0 Å². The first-order valence-electron chi connectivity index (χ1n) is 8.55. The van der Waals surface area contributed by atoms with Gasteiger partial charge in [0.25, 0.3) is 0 Å². The minimum atomic E-state index is -3.38. The normalized spacial score (nSPS) is 11.7. The van der Waals surface area contributed by atoms with Gasteiger partial charge in [0.15, 0.2) is 27.2 Å². The van der Waals surface area contributed by atoms with Crippen LogP contribution in [0.4, 0.5) is 4.39 Å². The number of rotatable bonds is 4. The van der Waals surface area contributed by atoms with Gasteiger partial charge >= 0.3 is 0 Å². The number of H-pyrrole nitrogens is 1. The maximum atomic E-state index is 14.2. The Hall–Kier alpha value is -3.52. The first kappa shape index (κ1) is 18.8. The molecular formula is C21H15FN2O4S. The van der Waals surface area contributed by atoms with Crippen molar-refractivity contribution in [2.24, 2.45) is 0 Å². The summed E-state index contributed by atoms with van der Waals surface area (Å²) in [5.74, 6) is -2.20. The number of benzene rings is 2. The fourth-order valence-electron chi connectivity index (χ4n) is 3.10. The van der Waals surface area contributed by atoms with Gasteiger partial charge in [-0.3, -0.25) is 4.79 Å². The van der Waals surface area contributed by atoms with Gasteiger partial charge < -0.3 is 10.1 Å². The molecule has 0 spiro atoms. The van der Waals surface area contributed by atoms with E-state index in [4.69, 9.17) is 0 Å². The molecule has 0 unspecified atom stereocenters. The van der Waals surface area contributed by atoms with Crippen LogP contribution in [-0.2, 0) is 9.84 Å². The van der Waals surface area contributed by atoms with E-state index in [9.17, 15) is 22.7 Å². The van der Waals surface area contributed by atoms with Crippen LogP contribution < -0.4 is 0 Å². The highest BCUT2D eigenvalue weighted by molar-refractivity contribution is 7.90. The van der Waals surface area contributed by atoms with Crippen LogP contribution in [0.1, 0.15) is 15.9 Å². The maximum Gasteiger partial charge on any atom is 0.198 e. The number of fused-ring (bicyclic) bond motifs is 1. The molecule has 2 heterocycles. The van der Waals surface area contributed by atoms with Gasteiger partial charge in [0, 0.05) is 35.2 Å². The number of halogens is 1. The van der Waals surface area contributed by atoms with Crippen molar-refractivity contribution >= 4 is 26.7 Å². The van der Waals surface area contributed by atoms with Crippen LogP contribution in [0.15, 0.2) is 65.8 Å². The molecule has 2 aromatic carbocycles. The molecule has 0 aliphatic heterocycles. The van der Waals surface area contributed by atoms with Crippen LogP contribution >= 0.6 is 0 Å². The van der Waals surface area contributed by atoms with E-state index in [0.29, 0.717) is 22.2 Å². The highest BCUT2D eigenvalue weighted by Crippen LogP contribution is 2.29. The Labute approximate surface area is 165 Å². The number of phenolic OH excluding ortho intramolecular Hbond substituents is 1. The lowest BCUT2D eigenvalue weighted by Crippen LogP contribution is -2.03. The number of ketones is 1. The summed E-state index contributed by atoms with van der Waals surface area (Å²) in [4.78, 5) is 20.2. The molecule has 6 nitrogen and oxygen atoms in total. The molecule has 0 aliphatic rings. The molecule has 4 rings (SSSR count). The van der Waals surface area contributed by atoms with E-state index in [-0.39, 0.29) is 16.0 Å². The number of nitrogens with zero attached hydrogens (tertiary/aromatic N) is 1. The van der Waals surface area contributed by atoms with E-state index < -0.39 is 27.2 Å². The standard InChI is InChI=1S/C21H15FN2O4S/c1-29(27,28)14-5-2-4-12(8-14)13-9-16-17(11-24-21(16)23-10-13)20(26)15-6-3-7-18(25)19(15)22/h2-11,25H,1H3,(H,23,24). The first-order valence-corrected chi connectivity index (χ1v) is 10.4. The molecule has 0 saturated heterocycles. The largest absolute Gasteiger partial charge is 0.505 e. The molecule has 4 aromatic rings. The summed E-state index contributed by atoms with van der Waals surface area (Å²) in [6.07, 6.45) is 4.11. The van der Waals surface area contributed by atoms with E-state index in [1.54, 1.807) is 24.4 Å². The molecule has 0 saturated carbocycles.